The molecule has 0 radical (unpaired) electrons. The molecule has 88 valence electrons. The average Bonchev–Trinajstić information content (AvgIpc) is 2.26. The Labute approximate surface area is 88.6 Å². The van der Waals surface area contributed by atoms with E-state index in [-0.39, 0.29) is 5.75 Å². The number of ether oxygens (including phenoxy) is 1. The third kappa shape index (κ3) is 2.06. The fourth-order valence-electron chi connectivity index (χ4n) is 1.25. The lowest BCUT2D eigenvalue weighted by atomic mass is 10.1. The molecule has 0 bridgehead atoms. The third-order valence-electron chi connectivity index (χ3n) is 1.93. The van der Waals surface area contributed by atoms with Crippen molar-refractivity contribution in [1.82, 2.24) is 4.98 Å². The van der Waals surface area contributed by atoms with Crippen molar-refractivity contribution in [2.24, 2.45) is 0 Å². The van der Waals surface area contributed by atoms with Crippen LogP contribution in [0.15, 0.2) is 6.20 Å². The number of hydrogen-bond acceptors (Lipinski definition) is 5. The molecule has 0 amide bonds. The first-order valence-electron chi connectivity index (χ1n) is 4.12. The van der Waals surface area contributed by atoms with Gasteiger partial charge >= 0.3 is 5.82 Å². The van der Waals surface area contributed by atoms with Crippen molar-refractivity contribution >= 4 is 5.82 Å². The van der Waals surface area contributed by atoms with Gasteiger partial charge in [-0.05, 0) is 9.91 Å². The van der Waals surface area contributed by atoms with E-state index in [9.17, 15) is 18.9 Å². The molecule has 0 fully saturated rings. The second-order valence-electron chi connectivity index (χ2n) is 2.76. The first-order chi connectivity index (χ1) is 7.52. The van der Waals surface area contributed by atoms with Gasteiger partial charge in [-0.25, -0.2) is 8.78 Å². The zero-order valence-corrected chi connectivity index (χ0v) is 8.18. The number of aromatic nitrogens is 1. The van der Waals surface area contributed by atoms with Crippen molar-refractivity contribution < 1.29 is 23.5 Å². The van der Waals surface area contributed by atoms with Gasteiger partial charge in [-0.3, -0.25) is 0 Å². The van der Waals surface area contributed by atoms with Crippen molar-refractivity contribution in [3.63, 3.8) is 0 Å². The topological polar surface area (TPSA) is 85.5 Å². The molecule has 1 heterocycles. The Balaban J connectivity index is 3.49. The summed E-state index contributed by atoms with van der Waals surface area (Å²) < 4.78 is 29.9. The number of alkyl halides is 2. The van der Waals surface area contributed by atoms with Crippen LogP contribution < -0.4 is 4.74 Å². The molecule has 1 aromatic heterocycles. The standard InChI is InChI=1S/C8H8F2N2O4/c1-16-5-2-11-8(12(14)15)4(3-13)6(5)7(9)10/h2,7,13H,3H2,1H3. The second-order valence-corrected chi connectivity index (χ2v) is 2.76. The summed E-state index contributed by atoms with van der Waals surface area (Å²) in [6.45, 7) is -0.903. The summed E-state index contributed by atoms with van der Waals surface area (Å²) in [6, 6.07) is 0. The van der Waals surface area contributed by atoms with Crippen molar-refractivity contribution in [1.29, 1.82) is 0 Å². The molecule has 16 heavy (non-hydrogen) atoms. The SMILES string of the molecule is COc1cnc([N+](=O)[O-])c(CO)c1C(F)F. The molecule has 8 heteroatoms. The van der Waals surface area contributed by atoms with Crippen LogP contribution in [0.3, 0.4) is 0 Å². The van der Waals surface area contributed by atoms with E-state index < -0.39 is 34.9 Å². The van der Waals surface area contributed by atoms with E-state index in [4.69, 9.17) is 5.11 Å². The number of rotatable bonds is 4. The lowest BCUT2D eigenvalue weighted by Crippen LogP contribution is -2.06. The number of aliphatic hydroxyl groups excluding tert-OH is 1. The molecule has 6 nitrogen and oxygen atoms in total. The van der Waals surface area contributed by atoms with Crippen LogP contribution in [-0.2, 0) is 6.61 Å². The molecule has 0 aliphatic heterocycles. The Kier molecular flexibility index (Phi) is 3.67. The van der Waals surface area contributed by atoms with Gasteiger partial charge in [-0.1, -0.05) is 0 Å². The quantitative estimate of drug-likeness (QED) is 0.629. The first kappa shape index (κ1) is 12.2. The van der Waals surface area contributed by atoms with Gasteiger partial charge in [0.05, 0.1) is 24.8 Å². The Morgan fingerprint density at radius 2 is 2.31 bits per heavy atom. The monoisotopic (exact) mass is 234 g/mol. The van der Waals surface area contributed by atoms with Gasteiger partial charge in [0.15, 0.2) is 11.9 Å². The maximum atomic E-state index is 12.7. The summed E-state index contributed by atoms with van der Waals surface area (Å²) in [5.41, 5.74) is -1.23. The van der Waals surface area contributed by atoms with E-state index in [1.165, 1.54) is 0 Å². The highest BCUT2D eigenvalue weighted by Gasteiger charge is 2.28. The highest BCUT2D eigenvalue weighted by Crippen LogP contribution is 2.35. The molecule has 0 saturated heterocycles. The molecule has 0 atom stereocenters. The summed E-state index contributed by atoms with van der Waals surface area (Å²) in [5.74, 6) is -1.08. The zero-order valence-electron chi connectivity index (χ0n) is 8.18. The first-order valence-corrected chi connectivity index (χ1v) is 4.12. The molecule has 0 saturated carbocycles. The number of aliphatic hydroxyl groups is 1. The molecule has 0 aromatic carbocycles. The van der Waals surface area contributed by atoms with Gasteiger partial charge in [0.25, 0.3) is 6.43 Å². The number of halogens is 2. The summed E-state index contributed by atoms with van der Waals surface area (Å²) in [4.78, 5) is 12.9. The summed E-state index contributed by atoms with van der Waals surface area (Å²) >= 11 is 0. The minimum atomic E-state index is -2.99. The van der Waals surface area contributed by atoms with Crippen LogP contribution in [-0.4, -0.2) is 22.1 Å². The van der Waals surface area contributed by atoms with Crippen LogP contribution in [0.25, 0.3) is 0 Å². The number of methoxy groups -OCH3 is 1. The Hall–Kier alpha value is -1.83. The average molecular weight is 234 g/mol. The van der Waals surface area contributed by atoms with E-state index in [0.29, 0.717) is 0 Å². The molecule has 0 aliphatic rings. The fraction of sp³-hybridized carbons (Fsp3) is 0.375. The summed E-state index contributed by atoms with van der Waals surface area (Å²) in [6.07, 6.45) is -2.16. The van der Waals surface area contributed by atoms with Crippen molar-refractivity contribution in [3.05, 3.63) is 27.4 Å². The van der Waals surface area contributed by atoms with Crippen molar-refractivity contribution in [3.8, 4) is 5.75 Å². The van der Waals surface area contributed by atoms with Crippen LogP contribution in [0.2, 0.25) is 0 Å². The van der Waals surface area contributed by atoms with Gasteiger partial charge in [0, 0.05) is 0 Å². The molecular weight excluding hydrogens is 226 g/mol. The predicted octanol–water partition coefficient (Wildman–Crippen LogP) is 1.43. The molecule has 0 spiro atoms. The summed E-state index contributed by atoms with van der Waals surface area (Å²) in [7, 11) is 1.13. The van der Waals surface area contributed by atoms with E-state index in [1.54, 1.807) is 0 Å². The van der Waals surface area contributed by atoms with Gasteiger partial charge < -0.3 is 20.0 Å². The number of hydrogen-bond donors (Lipinski definition) is 1. The van der Waals surface area contributed by atoms with E-state index >= 15 is 0 Å². The van der Waals surface area contributed by atoms with Crippen molar-refractivity contribution in [2.75, 3.05) is 7.11 Å². The minimum absolute atomic E-state index is 0.287. The molecule has 1 rings (SSSR count). The molecule has 0 aliphatic carbocycles. The molecule has 1 aromatic rings. The van der Waals surface area contributed by atoms with E-state index in [2.05, 4.69) is 9.72 Å². The van der Waals surface area contributed by atoms with Crippen LogP contribution in [0.4, 0.5) is 14.6 Å². The van der Waals surface area contributed by atoms with Crippen LogP contribution in [0.1, 0.15) is 17.6 Å². The van der Waals surface area contributed by atoms with Crippen LogP contribution in [0, 0.1) is 10.1 Å². The Morgan fingerprint density at radius 3 is 2.69 bits per heavy atom. The highest BCUT2D eigenvalue weighted by atomic mass is 19.3. The van der Waals surface area contributed by atoms with Crippen molar-refractivity contribution in [2.45, 2.75) is 13.0 Å². The van der Waals surface area contributed by atoms with E-state index in [1.807, 2.05) is 0 Å². The van der Waals surface area contributed by atoms with Gasteiger partial charge in [-0.15, -0.1) is 0 Å². The van der Waals surface area contributed by atoms with Gasteiger partial charge in [-0.2, -0.15) is 0 Å². The Bertz CT molecular complexity index is 411. The van der Waals surface area contributed by atoms with Crippen LogP contribution >= 0.6 is 0 Å². The molecule has 1 N–H and O–H groups in total. The molecule has 0 unspecified atom stereocenters. The minimum Gasteiger partial charge on any atom is -0.492 e. The fourth-order valence-corrected chi connectivity index (χ4v) is 1.25. The van der Waals surface area contributed by atoms with E-state index in [0.717, 1.165) is 13.3 Å². The Morgan fingerprint density at radius 1 is 1.69 bits per heavy atom. The predicted molar refractivity (Wildman–Crippen MR) is 48.3 cm³/mol. The maximum Gasteiger partial charge on any atom is 0.369 e. The largest absolute Gasteiger partial charge is 0.492 e. The van der Waals surface area contributed by atoms with Crippen LogP contribution in [0.5, 0.6) is 5.75 Å². The number of nitrogens with zero attached hydrogens (tertiary/aromatic N) is 2. The highest BCUT2D eigenvalue weighted by molar-refractivity contribution is 5.47. The number of nitro groups is 1. The number of pyridine rings is 1. The lowest BCUT2D eigenvalue weighted by Gasteiger charge is -2.10. The second kappa shape index (κ2) is 4.79. The van der Waals surface area contributed by atoms with Gasteiger partial charge in [0.2, 0.25) is 0 Å². The van der Waals surface area contributed by atoms with Gasteiger partial charge in [0.1, 0.15) is 0 Å². The third-order valence-corrected chi connectivity index (χ3v) is 1.93. The molecular formula is C8H8F2N2O4. The smallest absolute Gasteiger partial charge is 0.369 e. The summed E-state index contributed by atoms with van der Waals surface area (Å²) in [5, 5.41) is 19.4. The zero-order chi connectivity index (χ0) is 12.3. The normalized spacial score (nSPS) is 10.6. The maximum absolute atomic E-state index is 12.7. The lowest BCUT2D eigenvalue weighted by molar-refractivity contribution is -0.390.